The van der Waals surface area contributed by atoms with Crippen LogP contribution in [0.1, 0.15) is 0 Å². The number of anilines is 1. The van der Waals surface area contributed by atoms with Crippen molar-refractivity contribution in [2.24, 2.45) is 0 Å². The van der Waals surface area contributed by atoms with E-state index in [1.165, 1.54) is 11.0 Å². The average molecular weight is 313 g/mol. The SMILES string of the molecule is O=c1c(-n2ccnc2)c[nH]n1-c1cc(N2CCOCC2)ncn1. The highest BCUT2D eigenvalue weighted by molar-refractivity contribution is 5.44. The molecule has 1 N–H and O–H groups in total. The van der Waals surface area contributed by atoms with Crippen molar-refractivity contribution < 1.29 is 4.74 Å². The summed E-state index contributed by atoms with van der Waals surface area (Å²) in [5.41, 5.74) is 0.281. The summed E-state index contributed by atoms with van der Waals surface area (Å²) < 4.78 is 8.39. The minimum absolute atomic E-state index is 0.199. The van der Waals surface area contributed by atoms with E-state index < -0.39 is 0 Å². The van der Waals surface area contributed by atoms with Crippen molar-refractivity contribution in [1.82, 2.24) is 29.3 Å². The zero-order chi connectivity index (χ0) is 15.6. The van der Waals surface area contributed by atoms with Gasteiger partial charge in [-0.3, -0.25) is 14.5 Å². The van der Waals surface area contributed by atoms with E-state index in [0.717, 1.165) is 18.9 Å². The molecule has 1 fully saturated rings. The molecule has 0 saturated carbocycles. The van der Waals surface area contributed by atoms with Crippen LogP contribution in [0.2, 0.25) is 0 Å². The summed E-state index contributed by atoms with van der Waals surface area (Å²) in [6.07, 6.45) is 8.00. The third-order valence-electron chi connectivity index (χ3n) is 3.74. The predicted molar refractivity (Wildman–Crippen MR) is 82.1 cm³/mol. The fourth-order valence-corrected chi connectivity index (χ4v) is 2.54. The van der Waals surface area contributed by atoms with Gasteiger partial charge in [-0.15, -0.1) is 0 Å². The second-order valence-electron chi connectivity index (χ2n) is 5.10. The standard InChI is InChI=1S/C14H15N7O2/c22-14-11(20-2-1-15-10-20)8-18-21(14)13-7-12(16-9-17-13)19-3-5-23-6-4-19/h1-2,7-10,18H,3-6H2. The van der Waals surface area contributed by atoms with Gasteiger partial charge in [0.25, 0.3) is 5.56 Å². The van der Waals surface area contributed by atoms with Crippen molar-refractivity contribution in [2.45, 2.75) is 0 Å². The summed E-state index contributed by atoms with van der Waals surface area (Å²) in [6.45, 7) is 2.89. The third-order valence-corrected chi connectivity index (χ3v) is 3.74. The van der Waals surface area contributed by atoms with E-state index in [4.69, 9.17) is 4.74 Å². The monoisotopic (exact) mass is 313 g/mol. The highest BCUT2D eigenvalue weighted by atomic mass is 16.5. The summed E-state index contributed by atoms with van der Waals surface area (Å²) in [5.74, 6) is 1.28. The fourth-order valence-electron chi connectivity index (χ4n) is 2.54. The number of rotatable bonds is 3. The highest BCUT2D eigenvalue weighted by Crippen LogP contribution is 2.14. The van der Waals surface area contributed by atoms with E-state index in [2.05, 4.69) is 25.0 Å². The molecule has 0 aromatic carbocycles. The van der Waals surface area contributed by atoms with Crippen LogP contribution < -0.4 is 10.5 Å². The molecule has 9 nitrogen and oxygen atoms in total. The van der Waals surface area contributed by atoms with Crippen LogP contribution in [-0.2, 0) is 4.74 Å². The van der Waals surface area contributed by atoms with Gasteiger partial charge in [-0.2, -0.15) is 4.68 Å². The zero-order valence-corrected chi connectivity index (χ0v) is 12.3. The lowest BCUT2D eigenvalue weighted by molar-refractivity contribution is 0.122. The van der Waals surface area contributed by atoms with Gasteiger partial charge in [0.15, 0.2) is 5.82 Å². The first kappa shape index (κ1) is 13.7. The third kappa shape index (κ3) is 2.50. The maximum absolute atomic E-state index is 12.5. The Kier molecular flexibility index (Phi) is 3.39. The van der Waals surface area contributed by atoms with Crippen LogP contribution in [0.15, 0.2) is 42.1 Å². The molecule has 3 aromatic rings. The fraction of sp³-hybridized carbons (Fsp3) is 0.286. The first-order valence-electron chi connectivity index (χ1n) is 7.27. The van der Waals surface area contributed by atoms with Crippen LogP contribution in [0.3, 0.4) is 0 Å². The van der Waals surface area contributed by atoms with E-state index in [1.807, 2.05) is 0 Å². The average Bonchev–Trinajstić information content (AvgIpc) is 3.25. The largest absolute Gasteiger partial charge is 0.378 e. The number of aromatic amines is 1. The molecule has 0 aliphatic carbocycles. The van der Waals surface area contributed by atoms with Crippen molar-refractivity contribution in [1.29, 1.82) is 0 Å². The van der Waals surface area contributed by atoms with E-state index >= 15 is 0 Å². The number of hydrogen-bond acceptors (Lipinski definition) is 6. The Labute approximate surface area is 131 Å². The number of nitrogens with one attached hydrogen (secondary N) is 1. The maximum atomic E-state index is 12.5. The maximum Gasteiger partial charge on any atom is 0.296 e. The van der Waals surface area contributed by atoms with Crippen LogP contribution in [0.5, 0.6) is 0 Å². The van der Waals surface area contributed by atoms with Gasteiger partial charge in [-0.25, -0.2) is 15.0 Å². The lowest BCUT2D eigenvalue weighted by Crippen LogP contribution is -2.37. The molecule has 1 saturated heterocycles. The molecular weight excluding hydrogens is 298 g/mol. The Balaban J connectivity index is 1.70. The number of nitrogens with zero attached hydrogens (tertiary/aromatic N) is 6. The summed E-state index contributed by atoms with van der Waals surface area (Å²) in [4.78, 5) is 27.1. The van der Waals surface area contributed by atoms with Crippen LogP contribution in [0, 0.1) is 0 Å². The molecule has 0 spiro atoms. The summed E-state index contributed by atoms with van der Waals surface area (Å²) in [7, 11) is 0. The lowest BCUT2D eigenvalue weighted by Gasteiger charge is -2.27. The topological polar surface area (TPSA) is 93.9 Å². The molecule has 3 aromatic heterocycles. The van der Waals surface area contributed by atoms with Crippen LogP contribution in [-0.4, -0.2) is 55.6 Å². The van der Waals surface area contributed by atoms with Gasteiger partial charge in [0.1, 0.15) is 17.8 Å². The van der Waals surface area contributed by atoms with Crippen molar-refractivity contribution in [3.63, 3.8) is 0 Å². The molecule has 0 radical (unpaired) electrons. The molecule has 4 heterocycles. The van der Waals surface area contributed by atoms with E-state index in [-0.39, 0.29) is 5.56 Å². The van der Waals surface area contributed by atoms with Gasteiger partial charge in [-0.05, 0) is 0 Å². The molecule has 9 heteroatoms. The van der Waals surface area contributed by atoms with Crippen molar-refractivity contribution in [3.05, 3.63) is 47.7 Å². The Morgan fingerprint density at radius 3 is 2.78 bits per heavy atom. The van der Waals surface area contributed by atoms with Crippen LogP contribution >= 0.6 is 0 Å². The Hall–Kier alpha value is -2.94. The van der Waals surface area contributed by atoms with Gasteiger partial charge in [0.05, 0.1) is 19.5 Å². The van der Waals surface area contributed by atoms with E-state index in [1.54, 1.807) is 35.6 Å². The molecular formula is C14H15N7O2. The molecule has 1 aliphatic rings. The molecule has 1 aliphatic heterocycles. The molecule has 0 unspecified atom stereocenters. The van der Waals surface area contributed by atoms with Gasteiger partial charge in [-0.1, -0.05) is 0 Å². The number of morpholine rings is 1. The minimum atomic E-state index is -0.199. The first-order chi connectivity index (χ1) is 11.3. The Bertz CT molecular complexity index is 846. The number of H-pyrrole nitrogens is 1. The second kappa shape index (κ2) is 5.69. The Morgan fingerprint density at radius 1 is 1.17 bits per heavy atom. The van der Waals surface area contributed by atoms with E-state index in [9.17, 15) is 4.79 Å². The normalized spacial score (nSPS) is 15.0. The van der Waals surface area contributed by atoms with Crippen LogP contribution in [0.25, 0.3) is 11.5 Å². The van der Waals surface area contributed by atoms with Crippen LogP contribution in [0.4, 0.5) is 5.82 Å². The number of aromatic nitrogens is 6. The zero-order valence-electron chi connectivity index (χ0n) is 12.3. The molecule has 0 bridgehead atoms. The van der Waals surface area contributed by atoms with Gasteiger partial charge >= 0.3 is 0 Å². The Morgan fingerprint density at radius 2 is 2.00 bits per heavy atom. The van der Waals surface area contributed by atoms with Gasteiger partial charge in [0, 0.05) is 37.7 Å². The second-order valence-corrected chi connectivity index (χ2v) is 5.10. The van der Waals surface area contributed by atoms with Crippen molar-refractivity contribution >= 4 is 5.82 Å². The highest BCUT2D eigenvalue weighted by Gasteiger charge is 2.15. The van der Waals surface area contributed by atoms with Crippen molar-refractivity contribution in [2.75, 3.05) is 31.2 Å². The molecule has 0 amide bonds. The van der Waals surface area contributed by atoms with E-state index in [0.29, 0.717) is 24.7 Å². The molecule has 0 atom stereocenters. The minimum Gasteiger partial charge on any atom is -0.378 e. The first-order valence-corrected chi connectivity index (χ1v) is 7.27. The van der Waals surface area contributed by atoms with Gasteiger partial charge < -0.3 is 9.64 Å². The number of ether oxygens (including phenoxy) is 1. The smallest absolute Gasteiger partial charge is 0.296 e. The van der Waals surface area contributed by atoms with Gasteiger partial charge in [0.2, 0.25) is 0 Å². The van der Waals surface area contributed by atoms with Crippen molar-refractivity contribution in [3.8, 4) is 11.5 Å². The summed E-state index contributed by atoms with van der Waals surface area (Å²) in [5, 5.41) is 2.93. The number of hydrogen-bond donors (Lipinski definition) is 1. The summed E-state index contributed by atoms with van der Waals surface area (Å²) in [6, 6.07) is 1.79. The lowest BCUT2D eigenvalue weighted by atomic mass is 10.4. The summed E-state index contributed by atoms with van der Waals surface area (Å²) >= 11 is 0. The quantitative estimate of drug-likeness (QED) is 0.730. The molecule has 23 heavy (non-hydrogen) atoms. The number of imidazole rings is 1. The predicted octanol–water partition coefficient (Wildman–Crippen LogP) is -0.0221. The molecule has 118 valence electrons. The molecule has 4 rings (SSSR count).